The third-order valence-electron chi connectivity index (χ3n) is 3.53. The SMILES string of the molecule is CCS[C@H]1CC[C@@H](N(C)CCn2cncn2)C1. The second-order valence-electron chi connectivity index (χ2n) is 4.68. The van der Waals surface area contributed by atoms with Crippen LogP contribution in [0.15, 0.2) is 12.7 Å². The minimum Gasteiger partial charge on any atom is -0.302 e. The Labute approximate surface area is 108 Å². The van der Waals surface area contributed by atoms with Crippen molar-refractivity contribution in [3.63, 3.8) is 0 Å². The Hall–Kier alpha value is -0.550. The van der Waals surface area contributed by atoms with E-state index in [1.54, 1.807) is 12.7 Å². The van der Waals surface area contributed by atoms with Crippen LogP contribution >= 0.6 is 11.8 Å². The van der Waals surface area contributed by atoms with Gasteiger partial charge in [0.2, 0.25) is 0 Å². The smallest absolute Gasteiger partial charge is 0.137 e. The van der Waals surface area contributed by atoms with Crippen LogP contribution in [-0.4, -0.2) is 50.3 Å². The highest BCUT2D eigenvalue weighted by Crippen LogP contribution is 2.31. The Morgan fingerprint density at radius 3 is 3.06 bits per heavy atom. The van der Waals surface area contributed by atoms with Crippen LogP contribution < -0.4 is 0 Å². The van der Waals surface area contributed by atoms with Gasteiger partial charge in [-0.25, -0.2) is 4.98 Å². The number of hydrogen-bond acceptors (Lipinski definition) is 4. The number of likely N-dealkylation sites (N-methyl/N-ethyl adjacent to an activating group) is 1. The van der Waals surface area contributed by atoms with Gasteiger partial charge in [-0.1, -0.05) is 6.92 Å². The molecule has 2 atom stereocenters. The van der Waals surface area contributed by atoms with Crippen molar-refractivity contribution in [2.75, 3.05) is 19.3 Å². The summed E-state index contributed by atoms with van der Waals surface area (Å²) in [7, 11) is 2.24. The zero-order valence-corrected chi connectivity index (χ0v) is 11.6. The van der Waals surface area contributed by atoms with E-state index in [1.807, 2.05) is 4.68 Å². The van der Waals surface area contributed by atoms with Crippen molar-refractivity contribution >= 4 is 11.8 Å². The quantitative estimate of drug-likeness (QED) is 0.776. The molecule has 4 nitrogen and oxygen atoms in total. The van der Waals surface area contributed by atoms with Crippen molar-refractivity contribution in [2.45, 2.75) is 44.0 Å². The van der Waals surface area contributed by atoms with Crippen molar-refractivity contribution < 1.29 is 0 Å². The van der Waals surface area contributed by atoms with Crippen molar-refractivity contribution in [3.8, 4) is 0 Å². The Balaban J connectivity index is 1.71. The molecule has 1 aliphatic carbocycles. The molecule has 0 spiro atoms. The molecule has 1 aromatic rings. The lowest BCUT2D eigenvalue weighted by molar-refractivity contribution is 0.233. The van der Waals surface area contributed by atoms with E-state index < -0.39 is 0 Å². The van der Waals surface area contributed by atoms with Crippen LogP contribution in [0.2, 0.25) is 0 Å². The summed E-state index contributed by atoms with van der Waals surface area (Å²) in [6, 6.07) is 0.766. The summed E-state index contributed by atoms with van der Waals surface area (Å²) in [6.07, 6.45) is 7.48. The lowest BCUT2D eigenvalue weighted by Crippen LogP contribution is -2.32. The molecule has 1 aliphatic rings. The van der Waals surface area contributed by atoms with Crippen LogP contribution in [0, 0.1) is 0 Å². The molecule has 5 heteroatoms. The van der Waals surface area contributed by atoms with Gasteiger partial charge in [0.15, 0.2) is 0 Å². The molecule has 0 bridgehead atoms. The van der Waals surface area contributed by atoms with Gasteiger partial charge >= 0.3 is 0 Å². The van der Waals surface area contributed by atoms with Crippen LogP contribution in [0.5, 0.6) is 0 Å². The fraction of sp³-hybridized carbons (Fsp3) is 0.833. The van der Waals surface area contributed by atoms with Gasteiger partial charge in [-0.3, -0.25) is 4.68 Å². The molecule has 0 radical (unpaired) electrons. The Morgan fingerprint density at radius 1 is 1.47 bits per heavy atom. The molecule has 0 unspecified atom stereocenters. The molecule has 1 aromatic heterocycles. The average molecular weight is 254 g/mol. The molecule has 1 saturated carbocycles. The Morgan fingerprint density at radius 2 is 2.35 bits per heavy atom. The van der Waals surface area contributed by atoms with Gasteiger partial charge in [0.05, 0.1) is 6.54 Å². The summed E-state index contributed by atoms with van der Waals surface area (Å²) in [5.74, 6) is 1.25. The van der Waals surface area contributed by atoms with Gasteiger partial charge in [0.1, 0.15) is 12.7 Å². The van der Waals surface area contributed by atoms with Gasteiger partial charge in [-0.05, 0) is 32.1 Å². The van der Waals surface area contributed by atoms with Crippen molar-refractivity contribution in [1.29, 1.82) is 0 Å². The molecule has 2 rings (SSSR count). The molecule has 0 aliphatic heterocycles. The van der Waals surface area contributed by atoms with Gasteiger partial charge in [-0.15, -0.1) is 0 Å². The minimum atomic E-state index is 0.766. The maximum Gasteiger partial charge on any atom is 0.137 e. The van der Waals surface area contributed by atoms with Gasteiger partial charge < -0.3 is 4.90 Å². The lowest BCUT2D eigenvalue weighted by atomic mass is 10.2. The molecule has 0 N–H and O–H groups in total. The first-order valence-electron chi connectivity index (χ1n) is 6.44. The highest BCUT2D eigenvalue weighted by Gasteiger charge is 2.27. The summed E-state index contributed by atoms with van der Waals surface area (Å²) >= 11 is 2.12. The van der Waals surface area contributed by atoms with E-state index in [0.717, 1.165) is 24.4 Å². The molecule has 0 aromatic carbocycles. The average Bonchev–Trinajstić information content (AvgIpc) is 2.97. The molecular formula is C12H22N4S. The molecule has 1 heterocycles. The Kier molecular flexibility index (Phi) is 4.86. The monoisotopic (exact) mass is 254 g/mol. The number of thioether (sulfide) groups is 1. The second kappa shape index (κ2) is 6.40. The van der Waals surface area contributed by atoms with Gasteiger partial charge in [0, 0.05) is 17.8 Å². The number of rotatable bonds is 6. The number of nitrogens with zero attached hydrogens (tertiary/aromatic N) is 4. The zero-order chi connectivity index (χ0) is 12.1. The minimum absolute atomic E-state index is 0.766. The maximum absolute atomic E-state index is 4.13. The predicted molar refractivity (Wildman–Crippen MR) is 72.2 cm³/mol. The maximum atomic E-state index is 4.13. The first-order valence-corrected chi connectivity index (χ1v) is 7.48. The van der Waals surface area contributed by atoms with Crippen LogP contribution in [0.1, 0.15) is 26.2 Å². The third-order valence-corrected chi connectivity index (χ3v) is 4.76. The van der Waals surface area contributed by atoms with E-state index in [4.69, 9.17) is 0 Å². The Bertz CT molecular complexity index is 314. The summed E-state index contributed by atoms with van der Waals surface area (Å²) in [4.78, 5) is 6.45. The number of hydrogen-bond donors (Lipinski definition) is 0. The van der Waals surface area contributed by atoms with Crippen LogP contribution in [0.4, 0.5) is 0 Å². The fourth-order valence-electron chi connectivity index (χ4n) is 2.50. The second-order valence-corrected chi connectivity index (χ2v) is 6.26. The normalized spacial score (nSPS) is 24.6. The highest BCUT2D eigenvalue weighted by molar-refractivity contribution is 7.99. The standard InChI is InChI=1S/C12H22N4S/c1-3-17-12-5-4-11(8-12)15(2)6-7-16-10-13-9-14-16/h9-12H,3-8H2,1-2H3/t11-,12+/m1/s1. The molecular weight excluding hydrogens is 232 g/mol. The van der Waals surface area contributed by atoms with Crippen molar-refractivity contribution in [3.05, 3.63) is 12.7 Å². The third kappa shape index (κ3) is 3.71. The molecule has 0 amide bonds. The van der Waals surface area contributed by atoms with Gasteiger partial charge in [-0.2, -0.15) is 16.9 Å². The molecule has 96 valence electrons. The van der Waals surface area contributed by atoms with E-state index in [9.17, 15) is 0 Å². The first kappa shape index (κ1) is 12.9. The summed E-state index contributed by atoms with van der Waals surface area (Å²) < 4.78 is 1.91. The van der Waals surface area contributed by atoms with E-state index in [2.05, 4.69) is 40.7 Å². The highest BCUT2D eigenvalue weighted by atomic mass is 32.2. The zero-order valence-electron chi connectivity index (χ0n) is 10.7. The van der Waals surface area contributed by atoms with Crippen LogP contribution in [0.3, 0.4) is 0 Å². The first-order chi connectivity index (χ1) is 8.29. The van der Waals surface area contributed by atoms with E-state index in [0.29, 0.717) is 0 Å². The molecule has 0 saturated heterocycles. The fourth-order valence-corrected chi connectivity index (χ4v) is 3.63. The van der Waals surface area contributed by atoms with E-state index in [-0.39, 0.29) is 0 Å². The topological polar surface area (TPSA) is 34.0 Å². The van der Waals surface area contributed by atoms with Crippen molar-refractivity contribution in [2.24, 2.45) is 0 Å². The van der Waals surface area contributed by atoms with Crippen molar-refractivity contribution in [1.82, 2.24) is 19.7 Å². The molecule has 1 fully saturated rings. The summed E-state index contributed by atoms with van der Waals surface area (Å²) in [5, 5.41) is 5.02. The predicted octanol–water partition coefficient (Wildman–Crippen LogP) is 1.88. The largest absolute Gasteiger partial charge is 0.302 e. The van der Waals surface area contributed by atoms with Gasteiger partial charge in [0.25, 0.3) is 0 Å². The van der Waals surface area contributed by atoms with E-state index in [1.165, 1.54) is 25.0 Å². The van der Waals surface area contributed by atoms with E-state index >= 15 is 0 Å². The number of aromatic nitrogens is 3. The lowest BCUT2D eigenvalue weighted by Gasteiger charge is -2.24. The summed E-state index contributed by atoms with van der Waals surface area (Å²) in [6.45, 7) is 4.27. The van der Waals surface area contributed by atoms with Crippen LogP contribution in [0.25, 0.3) is 0 Å². The summed E-state index contributed by atoms with van der Waals surface area (Å²) in [5.41, 5.74) is 0. The molecule has 17 heavy (non-hydrogen) atoms. The van der Waals surface area contributed by atoms with Crippen LogP contribution in [-0.2, 0) is 6.54 Å².